The van der Waals surface area contributed by atoms with Crippen LogP contribution in [0.1, 0.15) is 36.8 Å². The van der Waals surface area contributed by atoms with Crippen LogP contribution in [-0.2, 0) is 24.9 Å². The third-order valence-corrected chi connectivity index (χ3v) is 10.3. The SMILES string of the molecule is COC1(c2cc(F)c(-c3ccc4cnc(Nc5cnccc5[C@H]5C[C@@H](N)[C@@H](S(C)(=O)=O)[C@@H](C)C5)n4n3)c(F)c2)COC1. The summed E-state index contributed by atoms with van der Waals surface area (Å²) in [7, 11) is -1.80. The van der Waals surface area contributed by atoms with Crippen molar-refractivity contribution in [3.63, 3.8) is 0 Å². The Morgan fingerprint density at radius 3 is 2.50 bits per heavy atom. The fourth-order valence-corrected chi connectivity index (χ4v) is 8.12. The molecule has 1 aromatic carbocycles. The van der Waals surface area contributed by atoms with E-state index in [1.54, 1.807) is 30.7 Å². The molecule has 1 saturated carbocycles. The van der Waals surface area contributed by atoms with Gasteiger partial charge in [-0.3, -0.25) is 4.98 Å². The number of fused-ring (bicyclic) bond motifs is 1. The number of nitrogens with one attached hydrogen (secondary N) is 1. The van der Waals surface area contributed by atoms with E-state index in [1.807, 2.05) is 13.0 Å². The smallest absolute Gasteiger partial charge is 0.229 e. The normalized spacial score (nSPS) is 24.0. The van der Waals surface area contributed by atoms with Crippen LogP contribution in [0.5, 0.6) is 0 Å². The van der Waals surface area contributed by atoms with Crippen molar-refractivity contribution in [1.82, 2.24) is 19.6 Å². The van der Waals surface area contributed by atoms with Crippen LogP contribution in [0.25, 0.3) is 16.8 Å². The highest BCUT2D eigenvalue weighted by Crippen LogP contribution is 2.41. The van der Waals surface area contributed by atoms with Gasteiger partial charge in [-0.2, -0.15) is 9.61 Å². The Morgan fingerprint density at radius 1 is 1.14 bits per heavy atom. The standard InChI is InChI=1S/C29H32F2N6O4S/c1-16-8-17(9-23(32)27(16)42(3,38)39)20-6-7-33-13-25(20)35-28-34-12-19-4-5-24(36-37(19)28)26-21(30)10-18(11-22(26)31)29(40-2)14-41-15-29/h4-7,10-13,16-17,23,27H,8-9,14-15,32H2,1-3H3,(H,34,35)/t16-,17+,23+,27-/m0/s1. The van der Waals surface area contributed by atoms with E-state index in [9.17, 15) is 8.42 Å². The molecule has 13 heteroatoms. The van der Waals surface area contributed by atoms with E-state index in [2.05, 4.69) is 20.4 Å². The molecule has 222 valence electrons. The molecular weight excluding hydrogens is 566 g/mol. The molecular formula is C29H32F2N6O4S. The van der Waals surface area contributed by atoms with Gasteiger partial charge in [-0.15, -0.1) is 0 Å². The van der Waals surface area contributed by atoms with Gasteiger partial charge >= 0.3 is 0 Å². The van der Waals surface area contributed by atoms with Crippen LogP contribution >= 0.6 is 0 Å². The van der Waals surface area contributed by atoms with Crippen molar-refractivity contribution in [3.8, 4) is 11.3 Å². The average molecular weight is 599 g/mol. The van der Waals surface area contributed by atoms with E-state index in [-0.39, 0.29) is 36.3 Å². The van der Waals surface area contributed by atoms with Crippen molar-refractivity contribution < 1.29 is 26.7 Å². The zero-order chi connectivity index (χ0) is 29.8. The van der Waals surface area contributed by atoms with Crippen LogP contribution in [0.3, 0.4) is 0 Å². The molecule has 1 aliphatic carbocycles. The minimum absolute atomic E-state index is 0.00795. The lowest BCUT2D eigenvalue weighted by Gasteiger charge is -2.40. The highest BCUT2D eigenvalue weighted by molar-refractivity contribution is 7.91. The van der Waals surface area contributed by atoms with Crippen LogP contribution in [0.4, 0.5) is 20.4 Å². The molecule has 0 amide bonds. The summed E-state index contributed by atoms with van der Waals surface area (Å²) in [6.45, 7) is 2.35. The van der Waals surface area contributed by atoms with Crippen LogP contribution in [0.2, 0.25) is 0 Å². The average Bonchev–Trinajstić information content (AvgIpc) is 3.29. The molecule has 2 fully saturated rings. The van der Waals surface area contributed by atoms with Crippen LogP contribution in [0.15, 0.2) is 48.9 Å². The second kappa shape index (κ2) is 10.6. The van der Waals surface area contributed by atoms with Gasteiger partial charge in [0.1, 0.15) is 17.2 Å². The molecule has 0 unspecified atom stereocenters. The Morgan fingerprint density at radius 2 is 1.88 bits per heavy atom. The number of pyridine rings is 1. The fraction of sp³-hybridized carbons (Fsp3) is 0.414. The van der Waals surface area contributed by atoms with E-state index < -0.39 is 38.4 Å². The monoisotopic (exact) mass is 598 g/mol. The first-order valence-electron chi connectivity index (χ1n) is 13.6. The maximum Gasteiger partial charge on any atom is 0.229 e. The molecule has 4 heterocycles. The molecule has 3 N–H and O–H groups in total. The van der Waals surface area contributed by atoms with Gasteiger partial charge in [-0.1, -0.05) is 6.92 Å². The van der Waals surface area contributed by atoms with Crippen molar-refractivity contribution in [2.75, 3.05) is 31.9 Å². The number of halogens is 2. The Labute approximate surface area is 242 Å². The third-order valence-electron chi connectivity index (χ3n) is 8.50. The van der Waals surface area contributed by atoms with Gasteiger partial charge in [-0.25, -0.2) is 22.2 Å². The van der Waals surface area contributed by atoms with E-state index in [4.69, 9.17) is 15.2 Å². The van der Waals surface area contributed by atoms with E-state index in [0.717, 1.165) is 5.56 Å². The Bertz CT molecular complexity index is 1720. The molecule has 0 spiro atoms. The van der Waals surface area contributed by atoms with Gasteiger partial charge in [0.05, 0.1) is 53.3 Å². The molecule has 1 saturated heterocycles. The lowest BCUT2D eigenvalue weighted by atomic mass is 9.76. The lowest BCUT2D eigenvalue weighted by Crippen LogP contribution is -2.48. The molecule has 3 aromatic heterocycles. The number of imidazole rings is 1. The summed E-state index contributed by atoms with van der Waals surface area (Å²) in [5.74, 6) is -1.34. The van der Waals surface area contributed by atoms with Gasteiger partial charge in [0.2, 0.25) is 5.95 Å². The van der Waals surface area contributed by atoms with Gasteiger partial charge in [0.25, 0.3) is 0 Å². The summed E-state index contributed by atoms with van der Waals surface area (Å²) in [6.07, 6.45) is 7.31. The van der Waals surface area contributed by atoms with Gasteiger partial charge < -0.3 is 20.5 Å². The molecule has 0 radical (unpaired) electrons. The number of ether oxygens (including phenoxy) is 2. The van der Waals surface area contributed by atoms with Gasteiger partial charge in [0, 0.05) is 25.6 Å². The number of rotatable bonds is 7. The minimum Gasteiger partial charge on any atom is -0.375 e. The van der Waals surface area contributed by atoms with Crippen LogP contribution < -0.4 is 11.1 Å². The number of benzene rings is 1. The minimum atomic E-state index is -3.29. The predicted molar refractivity (Wildman–Crippen MR) is 153 cm³/mol. The first kappa shape index (κ1) is 28.6. The summed E-state index contributed by atoms with van der Waals surface area (Å²) in [5.41, 5.74) is 7.89. The quantitative estimate of drug-likeness (QED) is 0.325. The maximum atomic E-state index is 15.3. The fourth-order valence-electron chi connectivity index (χ4n) is 6.42. The number of aromatic nitrogens is 4. The molecule has 2 aliphatic rings. The molecule has 1 aliphatic heterocycles. The highest BCUT2D eigenvalue weighted by atomic mass is 32.2. The van der Waals surface area contributed by atoms with Gasteiger partial charge in [-0.05, 0) is 66.1 Å². The van der Waals surface area contributed by atoms with E-state index in [1.165, 1.54) is 30.0 Å². The maximum absolute atomic E-state index is 15.3. The van der Waals surface area contributed by atoms with Crippen molar-refractivity contribution >= 4 is 27.0 Å². The topological polar surface area (TPSA) is 134 Å². The first-order valence-corrected chi connectivity index (χ1v) is 15.6. The molecule has 0 bridgehead atoms. The number of anilines is 2. The zero-order valence-electron chi connectivity index (χ0n) is 23.4. The largest absolute Gasteiger partial charge is 0.375 e. The summed E-state index contributed by atoms with van der Waals surface area (Å²) in [6, 6.07) is 7.12. The molecule has 4 atom stereocenters. The Hall–Kier alpha value is -3.52. The number of nitrogens with two attached hydrogens (primary N) is 1. The third kappa shape index (κ3) is 4.93. The van der Waals surface area contributed by atoms with Crippen molar-refractivity contribution in [2.45, 2.75) is 42.6 Å². The van der Waals surface area contributed by atoms with Crippen LogP contribution in [-0.4, -0.2) is 65.9 Å². The second-order valence-electron chi connectivity index (χ2n) is 11.3. The number of hydrogen-bond donors (Lipinski definition) is 2. The lowest BCUT2D eigenvalue weighted by molar-refractivity contribution is -0.202. The predicted octanol–water partition coefficient (Wildman–Crippen LogP) is 3.94. The molecule has 4 aromatic rings. The molecule has 42 heavy (non-hydrogen) atoms. The van der Waals surface area contributed by atoms with Crippen LogP contribution in [0, 0.1) is 17.6 Å². The summed E-state index contributed by atoms with van der Waals surface area (Å²) < 4.78 is 67.6. The summed E-state index contributed by atoms with van der Waals surface area (Å²) in [4.78, 5) is 8.71. The van der Waals surface area contributed by atoms with Crippen molar-refractivity contribution in [3.05, 3.63) is 71.7 Å². The highest BCUT2D eigenvalue weighted by Gasteiger charge is 2.42. The molecule has 6 rings (SSSR count). The Kier molecular flexibility index (Phi) is 7.24. The summed E-state index contributed by atoms with van der Waals surface area (Å²) >= 11 is 0. The second-order valence-corrected chi connectivity index (χ2v) is 13.5. The van der Waals surface area contributed by atoms with E-state index in [0.29, 0.717) is 35.6 Å². The number of methoxy groups -OCH3 is 1. The number of hydrogen-bond acceptors (Lipinski definition) is 9. The number of sulfone groups is 1. The Balaban J connectivity index is 1.32. The summed E-state index contributed by atoms with van der Waals surface area (Å²) in [5, 5.41) is 7.20. The first-order chi connectivity index (χ1) is 20.0. The van der Waals surface area contributed by atoms with E-state index >= 15 is 8.78 Å². The zero-order valence-corrected chi connectivity index (χ0v) is 24.2. The van der Waals surface area contributed by atoms with Gasteiger partial charge in [0.15, 0.2) is 9.84 Å². The number of nitrogens with zero attached hydrogens (tertiary/aromatic N) is 4. The molecule has 10 nitrogen and oxygen atoms in total. The van der Waals surface area contributed by atoms with Crippen molar-refractivity contribution in [1.29, 1.82) is 0 Å². The van der Waals surface area contributed by atoms with Crippen molar-refractivity contribution in [2.24, 2.45) is 11.7 Å².